The molecule has 25 heavy (non-hydrogen) atoms. The molecule has 1 fully saturated rings. The quantitative estimate of drug-likeness (QED) is 0.904. The van der Waals surface area contributed by atoms with E-state index in [2.05, 4.69) is 4.90 Å². The molecule has 1 N–H and O–H groups in total. The van der Waals surface area contributed by atoms with Crippen LogP contribution in [0.5, 0.6) is 0 Å². The summed E-state index contributed by atoms with van der Waals surface area (Å²) in [6.07, 6.45) is 0. The second-order valence-electron chi connectivity index (χ2n) is 6.01. The largest absolute Gasteiger partial charge is 0.478 e. The number of nitrogens with zero attached hydrogens (tertiary/aromatic N) is 2. The van der Waals surface area contributed by atoms with Crippen molar-refractivity contribution in [3.05, 3.63) is 59.7 Å². The van der Waals surface area contributed by atoms with Gasteiger partial charge in [0.05, 0.1) is 10.5 Å². The Hall–Kier alpha value is -2.38. The first-order valence-corrected chi connectivity index (χ1v) is 9.48. The van der Waals surface area contributed by atoms with Gasteiger partial charge in [-0.15, -0.1) is 0 Å². The van der Waals surface area contributed by atoms with E-state index < -0.39 is 16.0 Å². The molecule has 6 nitrogen and oxygen atoms in total. The van der Waals surface area contributed by atoms with Crippen molar-refractivity contribution in [1.29, 1.82) is 0 Å². The van der Waals surface area contributed by atoms with Gasteiger partial charge in [-0.25, -0.2) is 13.2 Å². The van der Waals surface area contributed by atoms with E-state index >= 15 is 0 Å². The second-order valence-corrected chi connectivity index (χ2v) is 7.95. The fourth-order valence-electron chi connectivity index (χ4n) is 2.97. The molecule has 1 aliphatic heterocycles. The van der Waals surface area contributed by atoms with E-state index in [0.29, 0.717) is 31.7 Å². The van der Waals surface area contributed by atoms with E-state index in [9.17, 15) is 18.3 Å². The molecule has 2 aromatic carbocycles. The Morgan fingerprint density at radius 2 is 1.64 bits per heavy atom. The van der Waals surface area contributed by atoms with Crippen LogP contribution < -0.4 is 4.90 Å². The maximum atomic E-state index is 12.8. The molecule has 0 bridgehead atoms. The number of carbonyl (C=O) groups is 1. The first-order chi connectivity index (χ1) is 11.9. The van der Waals surface area contributed by atoms with Gasteiger partial charge in [0.2, 0.25) is 10.0 Å². The van der Waals surface area contributed by atoms with Crippen LogP contribution >= 0.6 is 0 Å². The average Bonchev–Trinajstić information content (AvgIpc) is 2.62. The average molecular weight is 360 g/mol. The van der Waals surface area contributed by atoms with Crippen LogP contribution in [0.1, 0.15) is 15.9 Å². The summed E-state index contributed by atoms with van der Waals surface area (Å²) in [7, 11) is -3.70. The Kier molecular flexibility index (Phi) is 4.78. The number of hydrogen-bond acceptors (Lipinski definition) is 4. The van der Waals surface area contributed by atoms with Crippen molar-refractivity contribution in [1.82, 2.24) is 4.31 Å². The number of sulfonamides is 1. The number of rotatable bonds is 4. The van der Waals surface area contributed by atoms with Crippen molar-refractivity contribution in [2.75, 3.05) is 31.1 Å². The van der Waals surface area contributed by atoms with Gasteiger partial charge < -0.3 is 10.0 Å². The number of para-hydroxylation sites is 1. The highest BCUT2D eigenvalue weighted by atomic mass is 32.2. The number of carboxylic acid groups (broad SMARTS) is 1. The van der Waals surface area contributed by atoms with Crippen molar-refractivity contribution in [2.45, 2.75) is 11.8 Å². The topological polar surface area (TPSA) is 77.9 Å². The van der Waals surface area contributed by atoms with E-state index in [0.717, 1.165) is 5.69 Å². The van der Waals surface area contributed by atoms with Crippen LogP contribution in [0.4, 0.5) is 5.69 Å². The van der Waals surface area contributed by atoms with E-state index in [4.69, 9.17) is 0 Å². The summed E-state index contributed by atoms with van der Waals surface area (Å²) >= 11 is 0. The monoisotopic (exact) mass is 360 g/mol. The lowest BCUT2D eigenvalue weighted by atomic mass is 10.1. The van der Waals surface area contributed by atoms with Crippen LogP contribution in [0.3, 0.4) is 0 Å². The molecule has 132 valence electrons. The van der Waals surface area contributed by atoms with Crippen LogP contribution in [0, 0.1) is 6.92 Å². The number of anilines is 1. The molecule has 0 aromatic heterocycles. The number of aromatic carboxylic acids is 1. The van der Waals surface area contributed by atoms with Gasteiger partial charge in [0.15, 0.2) is 0 Å². The Morgan fingerprint density at radius 1 is 1.00 bits per heavy atom. The highest BCUT2D eigenvalue weighted by Crippen LogP contribution is 2.23. The molecule has 0 atom stereocenters. The smallest absolute Gasteiger partial charge is 0.335 e. The third-order valence-corrected chi connectivity index (χ3v) is 6.33. The van der Waals surface area contributed by atoms with E-state index in [-0.39, 0.29) is 10.5 Å². The molecule has 1 heterocycles. The van der Waals surface area contributed by atoms with Crippen molar-refractivity contribution in [3.63, 3.8) is 0 Å². The van der Waals surface area contributed by atoms with E-state index in [1.54, 1.807) is 6.92 Å². The summed E-state index contributed by atoms with van der Waals surface area (Å²) in [5, 5.41) is 9.21. The van der Waals surface area contributed by atoms with Gasteiger partial charge in [0.1, 0.15) is 0 Å². The Morgan fingerprint density at radius 3 is 2.24 bits per heavy atom. The van der Waals surface area contributed by atoms with Crippen LogP contribution in [-0.2, 0) is 10.0 Å². The van der Waals surface area contributed by atoms with Gasteiger partial charge in [-0.3, -0.25) is 0 Å². The molecule has 0 radical (unpaired) electrons. The lowest BCUT2D eigenvalue weighted by molar-refractivity contribution is 0.0696. The van der Waals surface area contributed by atoms with Gasteiger partial charge in [0, 0.05) is 31.9 Å². The Bertz CT molecular complexity index is 873. The molecule has 0 amide bonds. The molecule has 0 unspecified atom stereocenters. The van der Waals surface area contributed by atoms with Crippen molar-refractivity contribution in [3.8, 4) is 0 Å². The standard InChI is InChI=1S/C18H20N2O4S/c1-14-7-8-16(13-17(14)18(21)22)25(23,24)20-11-9-19(10-12-20)15-5-3-2-4-6-15/h2-8,13H,9-12H2,1H3,(H,21,22). The number of piperazine rings is 1. The molecule has 0 spiro atoms. The lowest BCUT2D eigenvalue weighted by Crippen LogP contribution is -2.48. The van der Waals surface area contributed by atoms with Crippen LogP contribution in [-0.4, -0.2) is 50.0 Å². The Labute approximate surface area is 147 Å². The minimum absolute atomic E-state index is 0.0176. The molecule has 7 heteroatoms. The Balaban J connectivity index is 1.78. The van der Waals surface area contributed by atoms with Crippen molar-refractivity contribution < 1.29 is 18.3 Å². The summed E-state index contributed by atoms with van der Waals surface area (Å²) in [6, 6.07) is 14.1. The van der Waals surface area contributed by atoms with E-state index in [1.807, 2.05) is 30.3 Å². The third-order valence-electron chi connectivity index (χ3n) is 4.44. The van der Waals surface area contributed by atoms with Crippen LogP contribution in [0.2, 0.25) is 0 Å². The minimum Gasteiger partial charge on any atom is -0.478 e. The molecule has 1 aliphatic rings. The van der Waals surface area contributed by atoms with E-state index in [1.165, 1.54) is 22.5 Å². The first kappa shape index (κ1) is 17.4. The molecule has 2 aromatic rings. The summed E-state index contributed by atoms with van der Waals surface area (Å²) in [5.74, 6) is -1.12. The fraction of sp³-hybridized carbons (Fsp3) is 0.278. The predicted molar refractivity (Wildman–Crippen MR) is 95.6 cm³/mol. The zero-order valence-electron chi connectivity index (χ0n) is 13.9. The summed E-state index contributed by atoms with van der Waals surface area (Å²) < 4.78 is 27.1. The van der Waals surface area contributed by atoms with Gasteiger partial charge in [-0.05, 0) is 36.8 Å². The highest BCUT2D eigenvalue weighted by Gasteiger charge is 2.29. The molecule has 0 aliphatic carbocycles. The predicted octanol–water partition coefficient (Wildman–Crippen LogP) is 2.20. The maximum Gasteiger partial charge on any atom is 0.335 e. The normalized spacial score (nSPS) is 16.0. The number of hydrogen-bond donors (Lipinski definition) is 1. The van der Waals surface area contributed by atoms with Crippen molar-refractivity contribution in [2.24, 2.45) is 0 Å². The first-order valence-electron chi connectivity index (χ1n) is 8.03. The summed E-state index contributed by atoms with van der Waals surface area (Å²) in [4.78, 5) is 13.4. The van der Waals surface area contributed by atoms with Gasteiger partial charge in [-0.1, -0.05) is 24.3 Å². The van der Waals surface area contributed by atoms with Gasteiger partial charge in [0.25, 0.3) is 0 Å². The molecular formula is C18H20N2O4S. The number of carboxylic acids is 1. The molecule has 1 saturated heterocycles. The zero-order chi connectivity index (χ0) is 18.0. The third kappa shape index (κ3) is 3.52. The SMILES string of the molecule is Cc1ccc(S(=O)(=O)N2CCN(c3ccccc3)CC2)cc1C(=O)O. The van der Waals surface area contributed by atoms with Crippen LogP contribution in [0.15, 0.2) is 53.4 Å². The number of benzene rings is 2. The van der Waals surface area contributed by atoms with Crippen molar-refractivity contribution >= 4 is 21.7 Å². The highest BCUT2D eigenvalue weighted by molar-refractivity contribution is 7.89. The van der Waals surface area contributed by atoms with Gasteiger partial charge >= 0.3 is 5.97 Å². The lowest BCUT2D eigenvalue weighted by Gasteiger charge is -2.35. The zero-order valence-corrected chi connectivity index (χ0v) is 14.7. The van der Waals surface area contributed by atoms with Crippen LogP contribution in [0.25, 0.3) is 0 Å². The second kappa shape index (κ2) is 6.85. The summed E-state index contributed by atoms with van der Waals surface area (Å²) in [5.41, 5.74) is 1.63. The fourth-order valence-corrected chi connectivity index (χ4v) is 4.42. The molecule has 3 rings (SSSR count). The minimum atomic E-state index is -3.70. The van der Waals surface area contributed by atoms with Gasteiger partial charge in [-0.2, -0.15) is 4.31 Å². The number of aryl methyl sites for hydroxylation is 1. The summed E-state index contributed by atoms with van der Waals surface area (Å²) in [6.45, 7) is 3.58. The molecular weight excluding hydrogens is 340 g/mol. The maximum absolute atomic E-state index is 12.8. The molecule has 0 saturated carbocycles.